The first-order valence-corrected chi connectivity index (χ1v) is 5.18. The zero-order chi connectivity index (χ0) is 10.8. The largest absolute Gasteiger partial charge is 0.192 e. The number of benzene rings is 2. The maximum Gasteiger partial charge on any atom is 0.0991 e. The molecule has 0 saturated carbocycles. The second-order valence-corrected chi connectivity index (χ2v) is 3.76. The van der Waals surface area contributed by atoms with Crippen LogP contribution in [0.2, 0.25) is 0 Å². The van der Waals surface area contributed by atoms with E-state index in [9.17, 15) is 0 Å². The molecule has 1 nitrogen and oxygen atoms in total. The van der Waals surface area contributed by atoms with Crippen molar-refractivity contribution in [3.63, 3.8) is 0 Å². The Labute approximate surface area is 90.0 Å². The lowest BCUT2D eigenvalue weighted by molar-refractivity contribution is 1.13. The summed E-state index contributed by atoms with van der Waals surface area (Å²) in [4.78, 5) is 0. The van der Waals surface area contributed by atoms with E-state index in [4.69, 9.17) is 5.26 Å². The fraction of sp³-hybridized carbons (Fsp3) is 0.214. The summed E-state index contributed by atoms with van der Waals surface area (Å²) in [6.45, 7) is 4.28. The van der Waals surface area contributed by atoms with E-state index < -0.39 is 0 Å². The highest BCUT2D eigenvalue weighted by molar-refractivity contribution is 5.87. The third-order valence-electron chi connectivity index (χ3n) is 2.85. The molecule has 0 unspecified atom stereocenters. The van der Waals surface area contributed by atoms with Gasteiger partial charge in [-0.15, -0.1) is 0 Å². The van der Waals surface area contributed by atoms with Crippen LogP contribution in [0.5, 0.6) is 0 Å². The molecule has 74 valence electrons. The summed E-state index contributed by atoms with van der Waals surface area (Å²) in [5.41, 5.74) is 3.40. The topological polar surface area (TPSA) is 23.8 Å². The van der Waals surface area contributed by atoms with Gasteiger partial charge in [-0.3, -0.25) is 0 Å². The number of aryl methyl sites for hydroxylation is 2. The molecule has 0 fully saturated rings. The van der Waals surface area contributed by atoms with Crippen LogP contribution < -0.4 is 0 Å². The molecule has 0 spiro atoms. The van der Waals surface area contributed by atoms with Crippen molar-refractivity contribution in [2.45, 2.75) is 20.3 Å². The zero-order valence-electron chi connectivity index (χ0n) is 9.04. The van der Waals surface area contributed by atoms with Gasteiger partial charge in [0.1, 0.15) is 0 Å². The Hall–Kier alpha value is -1.81. The van der Waals surface area contributed by atoms with Gasteiger partial charge in [-0.05, 0) is 47.4 Å². The van der Waals surface area contributed by atoms with Gasteiger partial charge in [-0.1, -0.05) is 25.1 Å². The van der Waals surface area contributed by atoms with Crippen LogP contribution in [-0.4, -0.2) is 0 Å². The molecule has 0 heterocycles. The Morgan fingerprint density at radius 3 is 2.60 bits per heavy atom. The van der Waals surface area contributed by atoms with E-state index in [-0.39, 0.29) is 0 Å². The molecule has 0 aliphatic heterocycles. The lowest BCUT2D eigenvalue weighted by Gasteiger charge is -2.08. The van der Waals surface area contributed by atoms with Crippen LogP contribution in [0.1, 0.15) is 23.6 Å². The van der Waals surface area contributed by atoms with Gasteiger partial charge in [0, 0.05) is 0 Å². The second-order valence-electron chi connectivity index (χ2n) is 3.76. The number of fused-ring (bicyclic) bond motifs is 1. The molecule has 0 bridgehead atoms. The molecule has 0 amide bonds. The van der Waals surface area contributed by atoms with Gasteiger partial charge in [-0.2, -0.15) is 5.26 Å². The molecule has 1 heteroatoms. The molecular weight excluding hydrogens is 182 g/mol. The standard InChI is InChI=1S/C14H13N/c1-3-13-10(2)4-6-12-7-5-11(9-15)8-14(12)13/h4-8H,3H2,1-2H3. The van der Waals surface area contributed by atoms with E-state index >= 15 is 0 Å². The van der Waals surface area contributed by atoms with Gasteiger partial charge in [0.25, 0.3) is 0 Å². The van der Waals surface area contributed by atoms with Crippen LogP contribution in [0.3, 0.4) is 0 Å². The molecule has 0 saturated heterocycles. The van der Waals surface area contributed by atoms with Crippen LogP contribution in [0.4, 0.5) is 0 Å². The Morgan fingerprint density at radius 2 is 1.93 bits per heavy atom. The van der Waals surface area contributed by atoms with Crippen molar-refractivity contribution in [2.24, 2.45) is 0 Å². The lowest BCUT2D eigenvalue weighted by Crippen LogP contribution is -1.89. The van der Waals surface area contributed by atoms with Crippen molar-refractivity contribution in [2.75, 3.05) is 0 Å². The van der Waals surface area contributed by atoms with Crippen molar-refractivity contribution in [3.8, 4) is 6.07 Å². The molecule has 0 aromatic heterocycles. The second kappa shape index (κ2) is 3.74. The number of nitrogens with zero attached hydrogens (tertiary/aromatic N) is 1. The summed E-state index contributed by atoms with van der Waals surface area (Å²) in [7, 11) is 0. The summed E-state index contributed by atoms with van der Waals surface area (Å²) < 4.78 is 0. The highest BCUT2D eigenvalue weighted by atomic mass is 14.2. The van der Waals surface area contributed by atoms with E-state index in [1.54, 1.807) is 0 Å². The van der Waals surface area contributed by atoms with Crippen LogP contribution in [-0.2, 0) is 6.42 Å². The minimum atomic E-state index is 0.739. The SMILES string of the molecule is CCc1c(C)ccc2ccc(C#N)cc12. The monoisotopic (exact) mass is 195 g/mol. The van der Waals surface area contributed by atoms with Crippen LogP contribution in [0.15, 0.2) is 30.3 Å². The maximum atomic E-state index is 8.88. The van der Waals surface area contributed by atoms with Crippen molar-refractivity contribution < 1.29 is 0 Å². The van der Waals surface area contributed by atoms with Gasteiger partial charge >= 0.3 is 0 Å². The first kappa shape index (κ1) is 9.73. The quantitative estimate of drug-likeness (QED) is 0.682. The molecule has 0 radical (unpaired) electrons. The first-order valence-electron chi connectivity index (χ1n) is 5.18. The van der Waals surface area contributed by atoms with Gasteiger partial charge in [-0.25, -0.2) is 0 Å². The zero-order valence-corrected chi connectivity index (χ0v) is 9.04. The summed E-state index contributed by atoms with van der Waals surface area (Å²) >= 11 is 0. The first-order chi connectivity index (χ1) is 7.26. The average molecular weight is 195 g/mol. The van der Waals surface area contributed by atoms with Gasteiger partial charge < -0.3 is 0 Å². The molecule has 15 heavy (non-hydrogen) atoms. The van der Waals surface area contributed by atoms with E-state index in [0.29, 0.717) is 0 Å². The lowest BCUT2D eigenvalue weighted by atomic mass is 9.96. The number of hydrogen-bond acceptors (Lipinski definition) is 1. The summed E-state index contributed by atoms with van der Waals surface area (Å²) in [5, 5.41) is 11.3. The Kier molecular flexibility index (Phi) is 2.43. The molecule has 2 aromatic carbocycles. The number of nitriles is 1. The normalized spacial score (nSPS) is 10.2. The summed E-state index contributed by atoms with van der Waals surface area (Å²) in [5.74, 6) is 0. The van der Waals surface area contributed by atoms with Gasteiger partial charge in [0.2, 0.25) is 0 Å². The minimum absolute atomic E-state index is 0.739. The smallest absolute Gasteiger partial charge is 0.0991 e. The number of rotatable bonds is 1. The predicted octanol–water partition coefficient (Wildman–Crippen LogP) is 3.58. The van der Waals surface area contributed by atoms with Gasteiger partial charge in [0.15, 0.2) is 0 Å². The Bertz CT molecular complexity index is 547. The molecule has 0 aliphatic carbocycles. The minimum Gasteiger partial charge on any atom is -0.192 e. The highest BCUT2D eigenvalue weighted by Gasteiger charge is 2.03. The Morgan fingerprint density at radius 1 is 1.20 bits per heavy atom. The molecular formula is C14H13N. The fourth-order valence-corrected chi connectivity index (χ4v) is 2.03. The van der Waals surface area contributed by atoms with Crippen LogP contribution in [0, 0.1) is 18.3 Å². The van der Waals surface area contributed by atoms with E-state index in [2.05, 4.69) is 32.0 Å². The van der Waals surface area contributed by atoms with Crippen LogP contribution >= 0.6 is 0 Å². The average Bonchev–Trinajstić information content (AvgIpc) is 2.28. The molecule has 2 aromatic rings. The Balaban J connectivity index is 2.83. The number of hydrogen-bond donors (Lipinski definition) is 0. The molecule has 0 atom stereocenters. The summed E-state index contributed by atoms with van der Waals surface area (Å²) in [6, 6.07) is 12.3. The third-order valence-corrected chi connectivity index (χ3v) is 2.85. The molecule has 0 N–H and O–H groups in total. The predicted molar refractivity (Wildman–Crippen MR) is 62.8 cm³/mol. The van der Waals surface area contributed by atoms with E-state index in [1.807, 2.05) is 18.2 Å². The highest BCUT2D eigenvalue weighted by Crippen LogP contribution is 2.23. The third kappa shape index (κ3) is 1.59. The fourth-order valence-electron chi connectivity index (χ4n) is 2.03. The maximum absolute atomic E-state index is 8.88. The van der Waals surface area contributed by atoms with Crippen LogP contribution in [0.25, 0.3) is 10.8 Å². The van der Waals surface area contributed by atoms with Crippen molar-refractivity contribution >= 4 is 10.8 Å². The van der Waals surface area contributed by atoms with Crippen molar-refractivity contribution in [3.05, 3.63) is 47.0 Å². The van der Waals surface area contributed by atoms with Crippen molar-refractivity contribution in [1.82, 2.24) is 0 Å². The van der Waals surface area contributed by atoms with Crippen molar-refractivity contribution in [1.29, 1.82) is 5.26 Å². The van der Waals surface area contributed by atoms with Gasteiger partial charge in [0.05, 0.1) is 11.6 Å². The van der Waals surface area contributed by atoms with E-state index in [0.717, 1.165) is 12.0 Å². The van der Waals surface area contributed by atoms with E-state index in [1.165, 1.54) is 21.9 Å². The summed E-state index contributed by atoms with van der Waals surface area (Å²) in [6.07, 6.45) is 1.01. The molecule has 2 rings (SSSR count). The molecule has 0 aliphatic rings.